The molecule has 1 heterocycles. The van der Waals surface area contributed by atoms with Gasteiger partial charge in [-0.25, -0.2) is 0 Å². The third-order valence-electron chi connectivity index (χ3n) is 9.44. The summed E-state index contributed by atoms with van der Waals surface area (Å²) >= 11 is 0. The Morgan fingerprint density at radius 2 is 0.940 bits per heavy atom. The lowest BCUT2D eigenvalue weighted by atomic mass is 9.97. The van der Waals surface area contributed by atoms with Crippen molar-refractivity contribution in [3.05, 3.63) is 200 Å². The van der Waals surface area contributed by atoms with Gasteiger partial charge in [0, 0.05) is 33.5 Å². The lowest BCUT2D eigenvalue weighted by molar-refractivity contribution is 0.632. The Labute approximate surface area is 292 Å². The van der Waals surface area contributed by atoms with E-state index in [0.717, 1.165) is 61.6 Å². The average molecular weight is 640 g/mol. The van der Waals surface area contributed by atoms with Crippen molar-refractivity contribution in [1.29, 1.82) is 0 Å². The van der Waals surface area contributed by atoms with Crippen LogP contribution in [0.15, 0.2) is 205 Å². The second kappa shape index (κ2) is 12.8. The quantitative estimate of drug-likeness (QED) is 0.173. The Morgan fingerprint density at radius 1 is 0.360 bits per heavy atom. The first kappa shape index (κ1) is 29.5. The highest BCUT2D eigenvalue weighted by atomic mass is 16.3. The van der Waals surface area contributed by atoms with Gasteiger partial charge in [-0.05, 0) is 75.5 Å². The zero-order chi connectivity index (χ0) is 33.3. The summed E-state index contributed by atoms with van der Waals surface area (Å²) in [4.78, 5) is 2.38. The minimum absolute atomic E-state index is 0.862. The molecule has 0 aliphatic carbocycles. The molecule has 1 aromatic heterocycles. The molecule has 236 valence electrons. The smallest absolute Gasteiger partial charge is 0.143 e. The summed E-state index contributed by atoms with van der Waals surface area (Å²) in [6.45, 7) is 0. The first-order valence-electron chi connectivity index (χ1n) is 17.0. The molecule has 9 aromatic rings. The Kier molecular flexibility index (Phi) is 7.53. The minimum atomic E-state index is 0.862. The van der Waals surface area contributed by atoms with Gasteiger partial charge in [-0.2, -0.15) is 0 Å². The van der Waals surface area contributed by atoms with Crippen LogP contribution in [0.25, 0.3) is 66.4 Å². The fraction of sp³-hybridized carbons (Fsp3) is 0. The summed E-state index contributed by atoms with van der Waals surface area (Å²) in [7, 11) is 0. The SMILES string of the molecule is c1ccc(-c2ccccc2N(c2cccc(-c3ccc4ccccc4c3)c2)c2cccc(-c3oc4ccccc4c3-c3ccccc3)c2)cc1. The van der Waals surface area contributed by atoms with Crippen molar-refractivity contribution in [2.75, 3.05) is 4.90 Å². The molecule has 2 nitrogen and oxygen atoms in total. The van der Waals surface area contributed by atoms with Gasteiger partial charge in [0.1, 0.15) is 11.3 Å². The summed E-state index contributed by atoms with van der Waals surface area (Å²) in [6, 6.07) is 71.0. The number of hydrogen-bond donors (Lipinski definition) is 0. The summed E-state index contributed by atoms with van der Waals surface area (Å²) in [5.41, 5.74) is 12.0. The number of rotatable bonds is 7. The molecule has 0 saturated carbocycles. The predicted molar refractivity (Wildman–Crippen MR) is 210 cm³/mol. The topological polar surface area (TPSA) is 16.4 Å². The highest BCUT2D eigenvalue weighted by molar-refractivity contribution is 6.02. The molecule has 0 unspecified atom stereocenters. The van der Waals surface area contributed by atoms with Crippen LogP contribution in [0.2, 0.25) is 0 Å². The van der Waals surface area contributed by atoms with E-state index in [1.807, 2.05) is 6.07 Å². The summed E-state index contributed by atoms with van der Waals surface area (Å²) in [5, 5.41) is 3.58. The van der Waals surface area contributed by atoms with Gasteiger partial charge in [-0.15, -0.1) is 0 Å². The van der Waals surface area contributed by atoms with E-state index >= 15 is 0 Å². The standard InChI is InChI=1S/C48H33NO/c1-3-16-35(17-4-1)43-25-9-11-27-45(43)49(41-23-13-21-38(32-41)39-30-29-34-15-7-8-20-37(34)31-39)42-24-14-22-40(33-42)48-47(36-18-5-2-6-19-36)44-26-10-12-28-46(44)50-48/h1-33H. The average Bonchev–Trinajstić information content (AvgIpc) is 3.59. The zero-order valence-corrected chi connectivity index (χ0v) is 27.4. The van der Waals surface area contributed by atoms with Crippen LogP contribution in [-0.4, -0.2) is 0 Å². The van der Waals surface area contributed by atoms with Crippen molar-refractivity contribution in [2.24, 2.45) is 0 Å². The van der Waals surface area contributed by atoms with Crippen LogP contribution in [0.3, 0.4) is 0 Å². The molecule has 8 aromatic carbocycles. The van der Waals surface area contributed by atoms with Crippen LogP contribution in [0, 0.1) is 0 Å². The van der Waals surface area contributed by atoms with Crippen molar-refractivity contribution in [3.63, 3.8) is 0 Å². The third-order valence-corrected chi connectivity index (χ3v) is 9.44. The Balaban J connectivity index is 1.24. The van der Waals surface area contributed by atoms with Crippen molar-refractivity contribution < 1.29 is 4.42 Å². The van der Waals surface area contributed by atoms with Gasteiger partial charge in [-0.1, -0.05) is 158 Å². The maximum absolute atomic E-state index is 6.67. The maximum atomic E-state index is 6.67. The Hall–Kier alpha value is -6.64. The first-order valence-corrected chi connectivity index (χ1v) is 17.0. The highest BCUT2D eigenvalue weighted by Gasteiger charge is 2.21. The van der Waals surface area contributed by atoms with Crippen molar-refractivity contribution in [1.82, 2.24) is 0 Å². The fourth-order valence-corrected chi connectivity index (χ4v) is 7.08. The first-order chi connectivity index (χ1) is 24.8. The molecule has 0 aliphatic rings. The van der Waals surface area contributed by atoms with Crippen molar-refractivity contribution >= 4 is 38.8 Å². The molecule has 50 heavy (non-hydrogen) atoms. The second-order valence-electron chi connectivity index (χ2n) is 12.5. The number of nitrogens with zero attached hydrogens (tertiary/aromatic N) is 1. The van der Waals surface area contributed by atoms with Crippen molar-refractivity contribution in [3.8, 4) is 44.7 Å². The van der Waals surface area contributed by atoms with Crippen LogP contribution in [0.1, 0.15) is 0 Å². The molecule has 0 aliphatic heterocycles. The maximum Gasteiger partial charge on any atom is 0.143 e. The van der Waals surface area contributed by atoms with Gasteiger partial charge >= 0.3 is 0 Å². The Morgan fingerprint density at radius 3 is 1.74 bits per heavy atom. The van der Waals surface area contributed by atoms with E-state index < -0.39 is 0 Å². The summed E-state index contributed by atoms with van der Waals surface area (Å²) in [5.74, 6) is 0.862. The lowest BCUT2D eigenvalue weighted by Crippen LogP contribution is -2.11. The molecule has 0 N–H and O–H groups in total. The third kappa shape index (κ3) is 5.43. The van der Waals surface area contributed by atoms with Crippen LogP contribution in [0.5, 0.6) is 0 Å². The number of furan rings is 1. The van der Waals surface area contributed by atoms with Crippen molar-refractivity contribution in [2.45, 2.75) is 0 Å². The van der Waals surface area contributed by atoms with Gasteiger partial charge in [0.15, 0.2) is 0 Å². The molecule has 0 spiro atoms. The number of para-hydroxylation sites is 2. The van der Waals surface area contributed by atoms with Gasteiger partial charge in [-0.3, -0.25) is 0 Å². The lowest BCUT2D eigenvalue weighted by Gasteiger charge is -2.28. The highest BCUT2D eigenvalue weighted by Crippen LogP contribution is 2.45. The van der Waals surface area contributed by atoms with E-state index in [0.29, 0.717) is 0 Å². The van der Waals surface area contributed by atoms with Crippen LogP contribution >= 0.6 is 0 Å². The zero-order valence-electron chi connectivity index (χ0n) is 27.4. The molecule has 2 heteroatoms. The van der Waals surface area contributed by atoms with E-state index in [9.17, 15) is 0 Å². The van der Waals surface area contributed by atoms with E-state index in [-0.39, 0.29) is 0 Å². The molecular weight excluding hydrogens is 607 g/mol. The summed E-state index contributed by atoms with van der Waals surface area (Å²) < 4.78 is 6.67. The number of anilines is 3. The number of hydrogen-bond acceptors (Lipinski definition) is 2. The number of benzene rings is 8. The molecule has 0 bridgehead atoms. The van der Waals surface area contributed by atoms with Gasteiger partial charge in [0.2, 0.25) is 0 Å². The molecule has 0 fully saturated rings. The minimum Gasteiger partial charge on any atom is -0.455 e. The molecule has 0 amide bonds. The normalized spacial score (nSPS) is 11.2. The summed E-state index contributed by atoms with van der Waals surface area (Å²) in [6.07, 6.45) is 0. The Bertz CT molecular complexity index is 2600. The second-order valence-corrected chi connectivity index (χ2v) is 12.5. The van der Waals surface area contributed by atoms with E-state index in [1.54, 1.807) is 0 Å². The molecular formula is C48H33NO. The van der Waals surface area contributed by atoms with Crippen LogP contribution in [-0.2, 0) is 0 Å². The predicted octanol–water partition coefficient (Wildman–Crippen LogP) is 13.7. The molecule has 0 saturated heterocycles. The van der Waals surface area contributed by atoms with E-state index in [1.165, 1.54) is 21.9 Å². The number of fused-ring (bicyclic) bond motifs is 2. The van der Waals surface area contributed by atoms with Gasteiger partial charge < -0.3 is 9.32 Å². The van der Waals surface area contributed by atoms with E-state index in [4.69, 9.17) is 4.42 Å². The fourth-order valence-electron chi connectivity index (χ4n) is 7.08. The van der Waals surface area contributed by atoms with Gasteiger partial charge in [0.25, 0.3) is 0 Å². The molecule has 0 atom stereocenters. The van der Waals surface area contributed by atoms with E-state index in [2.05, 4.69) is 199 Å². The van der Waals surface area contributed by atoms with Crippen LogP contribution in [0.4, 0.5) is 17.1 Å². The van der Waals surface area contributed by atoms with Crippen LogP contribution < -0.4 is 4.90 Å². The largest absolute Gasteiger partial charge is 0.455 e. The van der Waals surface area contributed by atoms with Gasteiger partial charge in [0.05, 0.1) is 5.69 Å². The molecule has 0 radical (unpaired) electrons. The molecule has 9 rings (SSSR count). The monoisotopic (exact) mass is 639 g/mol.